The van der Waals surface area contributed by atoms with Crippen molar-refractivity contribution in [3.63, 3.8) is 0 Å². The van der Waals surface area contributed by atoms with Crippen LogP contribution in [0.3, 0.4) is 0 Å². The first-order chi connectivity index (χ1) is 14.0. The van der Waals surface area contributed by atoms with Gasteiger partial charge in [-0.2, -0.15) is 0 Å². The lowest BCUT2D eigenvalue weighted by molar-refractivity contribution is -0.129. The Balaban J connectivity index is 1.53. The number of aryl methyl sites for hydroxylation is 3. The highest BCUT2D eigenvalue weighted by atomic mass is 16.5. The SMILES string of the molecule is CC(=O)N1CCC[C@H]1c1nc2ccccc2n1CCCOc1cc(C)ccc1C. The Bertz CT molecular complexity index is 1020. The third kappa shape index (κ3) is 4.00. The topological polar surface area (TPSA) is 47.4 Å². The van der Waals surface area contributed by atoms with Gasteiger partial charge in [0.15, 0.2) is 0 Å². The van der Waals surface area contributed by atoms with Gasteiger partial charge in [-0.1, -0.05) is 24.3 Å². The molecule has 1 aromatic heterocycles. The third-order valence-corrected chi connectivity index (χ3v) is 5.77. The summed E-state index contributed by atoms with van der Waals surface area (Å²) in [6.07, 6.45) is 2.89. The van der Waals surface area contributed by atoms with Gasteiger partial charge in [0.2, 0.25) is 5.91 Å². The molecule has 1 saturated heterocycles. The highest BCUT2D eigenvalue weighted by Crippen LogP contribution is 2.33. The Morgan fingerprint density at radius 3 is 2.86 bits per heavy atom. The number of hydrogen-bond acceptors (Lipinski definition) is 3. The summed E-state index contributed by atoms with van der Waals surface area (Å²) < 4.78 is 8.34. The molecule has 0 spiro atoms. The number of carbonyl (C=O) groups is 1. The van der Waals surface area contributed by atoms with Gasteiger partial charge < -0.3 is 14.2 Å². The molecule has 0 saturated carbocycles. The van der Waals surface area contributed by atoms with Gasteiger partial charge >= 0.3 is 0 Å². The lowest BCUT2D eigenvalue weighted by Crippen LogP contribution is -2.30. The number of likely N-dealkylation sites (tertiary alicyclic amines) is 1. The number of carbonyl (C=O) groups excluding carboxylic acids is 1. The number of fused-ring (bicyclic) bond motifs is 1. The van der Waals surface area contributed by atoms with E-state index >= 15 is 0 Å². The average Bonchev–Trinajstić information content (AvgIpc) is 3.32. The molecule has 1 aliphatic heterocycles. The molecule has 0 aliphatic carbocycles. The molecule has 3 aromatic rings. The largest absolute Gasteiger partial charge is 0.493 e. The van der Waals surface area contributed by atoms with Crippen molar-refractivity contribution in [1.82, 2.24) is 14.5 Å². The fourth-order valence-corrected chi connectivity index (χ4v) is 4.26. The molecule has 0 bridgehead atoms. The fraction of sp³-hybridized carbons (Fsp3) is 0.417. The normalized spacial score (nSPS) is 16.5. The molecule has 1 aliphatic rings. The summed E-state index contributed by atoms with van der Waals surface area (Å²) >= 11 is 0. The smallest absolute Gasteiger partial charge is 0.220 e. The van der Waals surface area contributed by atoms with Gasteiger partial charge in [0, 0.05) is 20.0 Å². The summed E-state index contributed by atoms with van der Waals surface area (Å²) in [6.45, 7) is 8.11. The third-order valence-electron chi connectivity index (χ3n) is 5.77. The number of para-hydroxylation sites is 2. The molecule has 0 unspecified atom stereocenters. The van der Waals surface area contributed by atoms with Gasteiger partial charge in [0.25, 0.3) is 0 Å². The van der Waals surface area contributed by atoms with Crippen molar-refractivity contribution in [3.8, 4) is 5.75 Å². The van der Waals surface area contributed by atoms with E-state index in [1.807, 2.05) is 17.0 Å². The van der Waals surface area contributed by atoms with Crippen molar-refractivity contribution in [1.29, 1.82) is 0 Å². The molecular formula is C24H29N3O2. The number of ether oxygens (including phenoxy) is 1. The van der Waals surface area contributed by atoms with Crippen molar-refractivity contribution < 1.29 is 9.53 Å². The first-order valence-electron chi connectivity index (χ1n) is 10.5. The molecule has 0 N–H and O–H groups in total. The van der Waals surface area contributed by atoms with Gasteiger partial charge in [-0.3, -0.25) is 4.79 Å². The Kier molecular flexibility index (Phi) is 5.56. The number of nitrogens with zero attached hydrogens (tertiary/aromatic N) is 3. The van der Waals surface area contributed by atoms with Crippen LogP contribution in [-0.4, -0.2) is 33.5 Å². The zero-order chi connectivity index (χ0) is 20.4. The Labute approximate surface area is 172 Å². The molecule has 4 rings (SSSR count). The zero-order valence-corrected chi connectivity index (χ0v) is 17.5. The number of aromatic nitrogens is 2. The van der Waals surface area contributed by atoms with Crippen molar-refractivity contribution in [2.75, 3.05) is 13.2 Å². The van der Waals surface area contributed by atoms with Crippen LogP contribution in [-0.2, 0) is 11.3 Å². The predicted molar refractivity (Wildman–Crippen MR) is 115 cm³/mol. The minimum atomic E-state index is 0.0693. The van der Waals surface area contributed by atoms with E-state index in [9.17, 15) is 4.79 Å². The molecule has 1 fully saturated rings. The summed E-state index contributed by atoms with van der Waals surface area (Å²) in [6, 6.07) is 14.6. The molecule has 152 valence electrons. The maximum atomic E-state index is 12.1. The molecule has 1 amide bonds. The van der Waals surface area contributed by atoms with E-state index < -0.39 is 0 Å². The van der Waals surface area contributed by atoms with Crippen LogP contribution >= 0.6 is 0 Å². The number of benzene rings is 2. The van der Waals surface area contributed by atoms with Gasteiger partial charge in [0.05, 0.1) is 23.7 Å². The van der Waals surface area contributed by atoms with Crippen LogP contribution in [0, 0.1) is 13.8 Å². The molecule has 1 atom stereocenters. The molecule has 29 heavy (non-hydrogen) atoms. The average molecular weight is 392 g/mol. The molecule has 2 heterocycles. The minimum Gasteiger partial charge on any atom is -0.493 e. The van der Waals surface area contributed by atoms with E-state index in [0.29, 0.717) is 6.61 Å². The van der Waals surface area contributed by atoms with Crippen LogP contribution in [0.4, 0.5) is 0 Å². The van der Waals surface area contributed by atoms with E-state index in [4.69, 9.17) is 9.72 Å². The summed E-state index contributed by atoms with van der Waals surface area (Å²) in [5.41, 5.74) is 4.49. The standard InChI is InChI=1S/C24H29N3O2/c1-17-11-12-18(2)23(16-17)29-15-7-14-27-21-9-5-4-8-20(21)25-24(27)22-10-6-13-26(22)19(3)28/h4-5,8-9,11-12,16,22H,6-7,10,13-15H2,1-3H3/t22-/m0/s1. The van der Waals surface area contributed by atoms with Crippen molar-refractivity contribution in [2.24, 2.45) is 0 Å². The second-order valence-corrected chi connectivity index (χ2v) is 7.95. The number of rotatable bonds is 6. The molecule has 5 nitrogen and oxygen atoms in total. The zero-order valence-electron chi connectivity index (χ0n) is 17.5. The van der Waals surface area contributed by atoms with Gasteiger partial charge in [0.1, 0.15) is 11.6 Å². The molecule has 5 heteroatoms. The number of hydrogen-bond donors (Lipinski definition) is 0. The molecular weight excluding hydrogens is 362 g/mol. The summed E-state index contributed by atoms with van der Waals surface area (Å²) in [7, 11) is 0. The van der Waals surface area contributed by atoms with Crippen LogP contribution in [0.15, 0.2) is 42.5 Å². The second-order valence-electron chi connectivity index (χ2n) is 7.95. The Morgan fingerprint density at radius 1 is 1.21 bits per heavy atom. The van der Waals surface area contributed by atoms with Gasteiger partial charge in [-0.25, -0.2) is 4.98 Å². The Morgan fingerprint density at radius 2 is 2.03 bits per heavy atom. The minimum absolute atomic E-state index is 0.0693. The second kappa shape index (κ2) is 8.27. The van der Waals surface area contributed by atoms with E-state index in [0.717, 1.165) is 60.5 Å². The van der Waals surface area contributed by atoms with E-state index in [2.05, 4.69) is 48.7 Å². The maximum Gasteiger partial charge on any atom is 0.220 e. The van der Waals surface area contributed by atoms with Crippen molar-refractivity contribution >= 4 is 16.9 Å². The lowest BCUT2D eigenvalue weighted by atomic mass is 10.1. The highest BCUT2D eigenvalue weighted by Gasteiger charge is 2.32. The molecule has 2 aromatic carbocycles. The monoisotopic (exact) mass is 391 g/mol. The first kappa shape index (κ1) is 19.5. The Hall–Kier alpha value is -2.82. The highest BCUT2D eigenvalue weighted by molar-refractivity contribution is 5.77. The van der Waals surface area contributed by atoms with Gasteiger partial charge in [-0.05, 0) is 62.4 Å². The maximum absolute atomic E-state index is 12.1. The van der Waals surface area contributed by atoms with E-state index in [-0.39, 0.29) is 11.9 Å². The lowest BCUT2D eigenvalue weighted by Gasteiger charge is -2.24. The summed E-state index contributed by atoms with van der Waals surface area (Å²) in [4.78, 5) is 19.0. The van der Waals surface area contributed by atoms with Crippen molar-refractivity contribution in [2.45, 2.75) is 52.6 Å². The summed E-state index contributed by atoms with van der Waals surface area (Å²) in [5.74, 6) is 2.09. The van der Waals surface area contributed by atoms with Gasteiger partial charge in [-0.15, -0.1) is 0 Å². The van der Waals surface area contributed by atoms with E-state index in [1.165, 1.54) is 5.56 Å². The number of amides is 1. The van der Waals surface area contributed by atoms with Crippen LogP contribution in [0.1, 0.15) is 49.2 Å². The molecule has 0 radical (unpaired) electrons. The van der Waals surface area contributed by atoms with E-state index in [1.54, 1.807) is 6.92 Å². The quantitative estimate of drug-likeness (QED) is 0.567. The van der Waals surface area contributed by atoms with Crippen LogP contribution in [0.25, 0.3) is 11.0 Å². The summed E-state index contributed by atoms with van der Waals surface area (Å²) in [5, 5.41) is 0. The van der Waals surface area contributed by atoms with Crippen LogP contribution in [0.2, 0.25) is 0 Å². The fourth-order valence-electron chi connectivity index (χ4n) is 4.26. The van der Waals surface area contributed by atoms with Crippen LogP contribution < -0.4 is 4.74 Å². The number of imidazole rings is 1. The van der Waals surface area contributed by atoms with Crippen LogP contribution in [0.5, 0.6) is 5.75 Å². The first-order valence-corrected chi connectivity index (χ1v) is 10.5. The van der Waals surface area contributed by atoms with Crippen molar-refractivity contribution in [3.05, 3.63) is 59.4 Å². The predicted octanol–water partition coefficient (Wildman–Crippen LogP) is 4.81.